The van der Waals surface area contributed by atoms with Crippen LogP contribution in [0, 0.1) is 13.8 Å². The zero-order valence-corrected chi connectivity index (χ0v) is 13.9. The molecule has 2 aromatic rings. The van der Waals surface area contributed by atoms with E-state index in [-0.39, 0.29) is 0 Å². The van der Waals surface area contributed by atoms with Gasteiger partial charge in [-0.3, -0.25) is 0 Å². The van der Waals surface area contributed by atoms with E-state index in [0.29, 0.717) is 11.1 Å². The van der Waals surface area contributed by atoms with Crippen molar-refractivity contribution in [2.24, 2.45) is 7.05 Å². The van der Waals surface area contributed by atoms with E-state index in [9.17, 15) is 0 Å². The smallest absolute Gasteiger partial charge is 0.201 e. The van der Waals surface area contributed by atoms with Crippen molar-refractivity contribution < 1.29 is 11.4 Å². The topological polar surface area (TPSA) is 3.88 Å². The maximum Gasteiger partial charge on any atom is 0.212 e. The Hall–Kier alpha value is -1.41. The van der Waals surface area contributed by atoms with Crippen molar-refractivity contribution in [3.63, 3.8) is 0 Å². The van der Waals surface area contributed by atoms with Crippen LogP contribution in [0.5, 0.6) is 0 Å². The average Bonchev–Trinajstić information content (AvgIpc) is 2.45. The summed E-state index contributed by atoms with van der Waals surface area (Å²) < 4.78 is 41.7. The Morgan fingerprint density at radius 3 is 2.55 bits per heavy atom. The predicted molar refractivity (Wildman–Crippen MR) is 89.6 cm³/mol. The van der Waals surface area contributed by atoms with Gasteiger partial charge in [0.05, 0.1) is 0 Å². The highest BCUT2D eigenvalue weighted by atomic mass is 28.3. The van der Waals surface area contributed by atoms with E-state index in [2.05, 4.69) is 0 Å². The van der Waals surface area contributed by atoms with Gasteiger partial charge in [0.15, 0.2) is 6.20 Å². The average molecular weight is 290 g/mol. The molecule has 0 saturated carbocycles. The molecule has 1 heterocycles. The van der Waals surface area contributed by atoms with Gasteiger partial charge in [0.2, 0.25) is 5.69 Å². The van der Waals surface area contributed by atoms with Gasteiger partial charge in [0.25, 0.3) is 0 Å². The molecule has 0 amide bonds. The number of rotatable bonds is 3. The standard InChI is InChI=1S/C18H26NSi/c1-14-7-8-17(15(2)11-14)18-12-16(9-10-19(18)3)13-20(4,5)6/h7-12H,13H2,1-6H3/q+1/i1D3,13D2. The molecule has 0 unspecified atom stereocenters. The molecule has 0 bridgehead atoms. The Balaban J connectivity index is 2.60. The summed E-state index contributed by atoms with van der Waals surface area (Å²) in [5.41, 5.74) is 3.68. The van der Waals surface area contributed by atoms with Crippen molar-refractivity contribution in [1.82, 2.24) is 0 Å². The molecule has 1 nitrogen and oxygen atoms in total. The van der Waals surface area contributed by atoms with Gasteiger partial charge < -0.3 is 0 Å². The van der Waals surface area contributed by atoms with Crippen LogP contribution < -0.4 is 4.57 Å². The van der Waals surface area contributed by atoms with Gasteiger partial charge >= 0.3 is 0 Å². The van der Waals surface area contributed by atoms with E-state index in [1.807, 2.05) is 62.6 Å². The van der Waals surface area contributed by atoms with Crippen molar-refractivity contribution >= 4 is 8.07 Å². The second-order valence-corrected chi connectivity index (χ2v) is 11.1. The highest BCUT2D eigenvalue weighted by molar-refractivity contribution is 6.75. The Bertz CT molecular complexity index is 791. The summed E-state index contributed by atoms with van der Waals surface area (Å²) in [6, 6.07) is 8.89. The van der Waals surface area contributed by atoms with Crippen molar-refractivity contribution in [1.29, 1.82) is 0 Å². The summed E-state index contributed by atoms with van der Waals surface area (Å²) in [5.74, 6) is -1.34. The van der Waals surface area contributed by atoms with E-state index in [4.69, 9.17) is 6.85 Å². The molecule has 2 heteroatoms. The fraction of sp³-hybridized carbons (Fsp3) is 0.389. The van der Waals surface area contributed by atoms with Crippen molar-refractivity contribution in [2.75, 3.05) is 0 Å². The molecule has 0 fully saturated rings. The first-order valence-electron chi connectivity index (χ1n) is 9.37. The van der Waals surface area contributed by atoms with Crippen LogP contribution >= 0.6 is 0 Å². The number of aryl methyl sites for hydroxylation is 3. The summed E-state index contributed by atoms with van der Waals surface area (Å²) in [6.07, 6.45) is 1.87. The molecule has 0 atom stereocenters. The zero-order chi connectivity index (χ0) is 19.2. The number of hydrogen-bond donors (Lipinski definition) is 0. The Morgan fingerprint density at radius 2 is 1.95 bits per heavy atom. The minimum absolute atomic E-state index is 0.324. The lowest BCUT2D eigenvalue weighted by Gasteiger charge is -2.16. The predicted octanol–water partition coefficient (Wildman–Crippen LogP) is 4.21. The molecule has 0 spiro atoms. The number of benzene rings is 1. The third-order valence-corrected chi connectivity index (χ3v) is 4.21. The molecule has 2 rings (SSSR count). The second-order valence-electron chi connectivity index (χ2n) is 6.32. The van der Waals surface area contributed by atoms with Gasteiger partial charge in [-0.25, -0.2) is 4.57 Å². The minimum atomic E-state index is -2.12. The lowest BCUT2D eigenvalue weighted by atomic mass is 10.0. The van der Waals surface area contributed by atoms with Crippen LogP contribution in [0.15, 0.2) is 36.5 Å². The van der Waals surface area contributed by atoms with Gasteiger partial charge in [-0.1, -0.05) is 37.3 Å². The monoisotopic (exact) mass is 289 g/mol. The second kappa shape index (κ2) is 5.53. The van der Waals surface area contributed by atoms with Crippen LogP contribution in [0.4, 0.5) is 0 Å². The molecule has 0 aliphatic carbocycles. The van der Waals surface area contributed by atoms with E-state index in [1.54, 1.807) is 12.1 Å². The SMILES string of the molecule is [2H]C([2H])([2H])c1ccc(-c2cc(C([2H])([2H])[Si](C)(C)C)cc[n+]2C)c(C)c1. The highest BCUT2D eigenvalue weighted by Gasteiger charge is 2.18. The molecule has 20 heavy (non-hydrogen) atoms. The number of nitrogens with zero attached hydrogens (tertiary/aromatic N) is 1. The molecule has 0 saturated heterocycles. The molecule has 0 N–H and O–H groups in total. The number of aromatic nitrogens is 1. The molecule has 0 radical (unpaired) electrons. The van der Waals surface area contributed by atoms with E-state index in [1.165, 1.54) is 0 Å². The van der Waals surface area contributed by atoms with E-state index < -0.39 is 20.9 Å². The maximum absolute atomic E-state index is 8.56. The Labute approximate surface area is 131 Å². The number of hydrogen-bond acceptors (Lipinski definition) is 0. The largest absolute Gasteiger partial charge is 0.212 e. The molecule has 1 aromatic heterocycles. The summed E-state index contributed by atoms with van der Waals surface area (Å²) >= 11 is 0. The quantitative estimate of drug-likeness (QED) is 0.588. The molecule has 0 aliphatic rings. The minimum Gasteiger partial charge on any atom is -0.201 e. The fourth-order valence-electron chi connectivity index (χ4n) is 2.30. The van der Waals surface area contributed by atoms with E-state index in [0.717, 1.165) is 16.8 Å². The molecule has 0 aliphatic heterocycles. The molecule has 106 valence electrons. The van der Waals surface area contributed by atoms with Crippen molar-refractivity contribution in [3.8, 4) is 11.3 Å². The Kier molecular flexibility index (Phi) is 2.63. The van der Waals surface area contributed by atoms with Crippen LogP contribution in [-0.2, 0) is 13.0 Å². The maximum atomic E-state index is 8.56. The van der Waals surface area contributed by atoms with Gasteiger partial charge in [0.1, 0.15) is 7.05 Å². The van der Waals surface area contributed by atoms with Gasteiger partial charge in [-0.05, 0) is 37.0 Å². The molecular weight excluding hydrogens is 258 g/mol. The van der Waals surface area contributed by atoms with Crippen LogP contribution in [0.2, 0.25) is 19.6 Å². The van der Waals surface area contributed by atoms with Gasteiger partial charge in [0, 0.05) is 32.6 Å². The fourth-order valence-corrected chi connectivity index (χ4v) is 3.32. The van der Waals surface area contributed by atoms with E-state index >= 15 is 0 Å². The zero-order valence-electron chi connectivity index (χ0n) is 17.9. The number of pyridine rings is 1. The first kappa shape index (κ1) is 9.51. The van der Waals surface area contributed by atoms with Gasteiger partial charge in [-0.15, -0.1) is 0 Å². The lowest BCUT2D eigenvalue weighted by Crippen LogP contribution is -2.32. The van der Waals surface area contributed by atoms with Crippen LogP contribution in [-0.4, -0.2) is 8.07 Å². The van der Waals surface area contributed by atoms with Crippen LogP contribution in [0.3, 0.4) is 0 Å². The summed E-state index contributed by atoms with van der Waals surface area (Å²) in [7, 11) is -0.148. The summed E-state index contributed by atoms with van der Waals surface area (Å²) in [4.78, 5) is 0. The van der Waals surface area contributed by atoms with Crippen LogP contribution in [0.25, 0.3) is 11.3 Å². The third kappa shape index (κ3) is 3.57. The first-order valence-corrected chi connectivity index (χ1v) is 10.4. The summed E-state index contributed by atoms with van der Waals surface area (Å²) in [5, 5.41) is 0. The molecular formula is C18H26NSi+. The van der Waals surface area contributed by atoms with Crippen LogP contribution in [0.1, 0.15) is 23.5 Å². The molecule has 1 aromatic carbocycles. The Morgan fingerprint density at radius 1 is 1.20 bits per heavy atom. The lowest BCUT2D eigenvalue weighted by molar-refractivity contribution is -0.660. The highest BCUT2D eigenvalue weighted by Crippen LogP contribution is 2.23. The first-order chi connectivity index (χ1) is 11.2. The third-order valence-electron chi connectivity index (χ3n) is 3.17. The van der Waals surface area contributed by atoms with Crippen molar-refractivity contribution in [2.45, 2.75) is 39.4 Å². The van der Waals surface area contributed by atoms with Gasteiger partial charge in [-0.2, -0.15) is 0 Å². The summed E-state index contributed by atoms with van der Waals surface area (Å²) in [6.45, 7) is 5.84. The van der Waals surface area contributed by atoms with Crippen molar-refractivity contribution in [3.05, 3.63) is 53.2 Å². The normalized spacial score (nSPS) is 16.8.